The first-order valence-electron chi connectivity index (χ1n) is 7.93. The van der Waals surface area contributed by atoms with Crippen LogP contribution in [-0.4, -0.2) is 42.2 Å². The van der Waals surface area contributed by atoms with E-state index in [1.54, 1.807) is 0 Å². The minimum Gasteiger partial charge on any atom is -0.476 e. The molecule has 0 amide bonds. The maximum atomic E-state index is 5.92. The zero-order chi connectivity index (χ0) is 15.2. The molecule has 21 heavy (non-hydrogen) atoms. The van der Waals surface area contributed by atoms with E-state index in [2.05, 4.69) is 36.0 Å². The van der Waals surface area contributed by atoms with Crippen LogP contribution >= 0.6 is 0 Å². The van der Waals surface area contributed by atoms with Gasteiger partial charge in [-0.25, -0.2) is 0 Å². The van der Waals surface area contributed by atoms with E-state index in [0.717, 1.165) is 12.4 Å². The maximum absolute atomic E-state index is 5.92. The molecule has 1 atom stereocenters. The van der Waals surface area contributed by atoms with Gasteiger partial charge in [0.1, 0.15) is 5.82 Å². The summed E-state index contributed by atoms with van der Waals surface area (Å²) in [4.78, 5) is 6.97. The van der Waals surface area contributed by atoms with Crippen LogP contribution < -0.4 is 15.8 Å². The molecular formula is C16H28N4O. The van der Waals surface area contributed by atoms with Gasteiger partial charge in [0, 0.05) is 12.6 Å². The minimum absolute atomic E-state index is 0.358. The molecule has 0 radical (unpaired) electrons. The molecular weight excluding hydrogens is 264 g/mol. The number of rotatable bonds is 7. The van der Waals surface area contributed by atoms with Crippen LogP contribution in [0.4, 0.5) is 11.5 Å². The van der Waals surface area contributed by atoms with Gasteiger partial charge in [0.15, 0.2) is 0 Å². The lowest BCUT2D eigenvalue weighted by molar-refractivity contribution is 0.263. The molecule has 1 aromatic heterocycles. The first-order chi connectivity index (χ1) is 10.0. The summed E-state index contributed by atoms with van der Waals surface area (Å²) in [5, 5.41) is 3.44. The van der Waals surface area contributed by atoms with E-state index in [9.17, 15) is 0 Å². The van der Waals surface area contributed by atoms with Crippen molar-refractivity contribution in [3.05, 3.63) is 12.1 Å². The topological polar surface area (TPSA) is 63.4 Å². The molecule has 0 spiro atoms. The standard InChI is InChI=1S/C16H28N4O/c1-12(2)11-21-16-14(17)6-7-15(19-16)18-13(3)10-20-8-4-5-9-20/h6-7,12-13H,4-5,8-11,17H2,1-3H3,(H,18,19). The molecule has 1 aromatic rings. The Morgan fingerprint density at radius 1 is 1.29 bits per heavy atom. The lowest BCUT2D eigenvalue weighted by Crippen LogP contribution is -2.33. The number of anilines is 2. The predicted molar refractivity (Wildman–Crippen MR) is 87.7 cm³/mol. The molecule has 1 fully saturated rings. The number of pyridine rings is 1. The molecule has 118 valence electrons. The van der Waals surface area contributed by atoms with Crippen LogP contribution in [0.3, 0.4) is 0 Å². The maximum Gasteiger partial charge on any atom is 0.239 e. The molecule has 3 N–H and O–H groups in total. The van der Waals surface area contributed by atoms with E-state index < -0.39 is 0 Å². The third-order valence-electron chi connectivity index (χ3n) is 3.57. The number of nitrogen functional groups attached to an aromatic ring is 1. The fraction of sp³-hybridized carbons (Fsp3) is 0.688. The fourth-order valence-corrected chi connectivity index (χ4v) is 2.54. The Morgan fingerprint density at radius 2 is 2.00 bits per heavy atom. The summed E-state index contributed by atoms with van der Waals surface area (Å²) in [6.07, 6.45) is 2.64. The van der Waals surface area contributed by atoms with Crippen LogP contribution in [0.25, 0.3) is 0 Å². The van der Waals surface area contributed by atoms with Crippen LogP contribution in [0.2, 0.25) is 0 Å². The normalized spacial score (nSPS) is 17.1. The van der Waals surface area contributed by atoms with Crippen molar-refractivity contribution < 1.29 is 4.74 Å². The third-order valence-corrected chi connectivity index (χ3v) is 3.57. The van der Waals surface area contributed by atoms with Crippen molar-refractivity contribution in [2.45, 2.75) is 39.7 Å². The summed E-state index contributed by atoms with van der Waals surface area (Å²) >= 11 is 0. The van der Waals surface area contributed by atoms with Gasteiger partial charge < -0.3 is 20.7 Å². The smallest absolute Gasteiger partial charge is 0.239 e. The monoisotopic (exact) mass is 292 g/mol. The number of hydrogen-bond acceptors (Lipinski definition) is 5. The summed E-state index contributed by atoms with van der Waals surface area (Å²) in [6.45, 7) is 10.5. The van der Waals surface area contributed by atoms with E-state index in [1.807, 2.05) is 12.1 Å². The largest absolute Gasteiger partial charge is 0.476 e. The molecule has 0 aromatic carbocycles. The molecule has 1 saturated heterocycles. The van der Waals surface area contributed by atoms with Crippen molar-refractivity contribution >= 4 is 11.5 Å². The van der Waals surface area contributed by atoms with Crippen LogP contribution in [0.1, 0.15) is 33.6 Å². The highest BCUT2D eigenvalue weighted by Gasteiger charge is 2.15. The van der Waals surface area contributed by atoms with Gasteiger partial charge in [-0.1, -0.05) is 13.8 Å². The summed E-state index contributed by atoms with van der Waals surface area (Å²) in [5.41, 5.74) is 6.51. The third kappa shape index (κ3) is 5.08. The van der Waals surface area contributed by atoms with Crippen molar-refractivity contribution in [2.24, 2.45) is 5.92 Å². The Hall–Kier alpha value is -1.49. The number of nitrogens with two attached hydrogens (primary N) is 1. The first-order valence-corrected chi connectivity index (χ1v) is 7.93. The summed E-state index contributed by atoms with van der Waals surface area (Å²) in [7, 11) is 0. The zero-order valence-electron chi connectivity index (χ0n) is 13.4. The second kappa shape index (κ2) is 7.50. The van der Waals surface area contributed by atoms with E-state index >= 15 is 0 Å². The Balaban J connectivity index is 1.91. The molecule has 0 saturated carbocycles. The Bertz CT molecular complexity index is 444. The van der Waals surface area contributed by atoms with Gasteiger partial charge in [-0.15, -0.1) is 0 Å². The van der Waals surface area contributed by atoms with Crippen LogP contribution in [-0.2, 0) is 0 Å². The van der Waals surface area contributed by atoms with E-state index in [1.165, 1.54) is 25.9 Å². The molecule has 5 heteroatoms. The number of hydrogen-bond donors (Lipinski definition) is 2. The van der Waals surface area contributed by atoms with E-state index in [-0.39, 0.29) is 0 Å². The molecule has 0 bridgehead atoms. The number of nitrogens with zero attached hydrogens (tertiary/aromatic N) is 2. The van der Waals surface area contributed by atoms with Crippen molar-refractivity contribution in [1.29, 1.82) is 0 Å². The zero-order valence-corrected chi connectivity index (χ0v) is 13.4. The predicted octanol–water partition coefficient (Wildman–Crippen LogP) is 2.59. The van der Waals surface area contributed by atoms with E-state index in [4.69, 9.17) is 10.5 Å². The highest BCUT2D eigenvalue weighted by molar-refractivity contribution is 5.53. The average molecular weight is 292 g/mol. The second-order valence-electron chi connectivity index (χ2n) is 6.35. The molecule has 2 heterocycles. The molecule has 2 rings (SSSR count). The highest BCUT2D eigenvalue weighted by atomic mass is 16.5. The van der Waals surface area contributed by atoms with Crippen molar-refractivity contribution in [2.75, 3.05) is 37.3 Å². The second-order valence-corrected chi connectivity index (χ2v) is 6.35. The summed E-state index contributed by atoms with van der Waals surface area (Å²) in [6, 6.07) is 4.13. The Morgan fingerprint density at radius 3 is 2.67 bits per heavy atom. The number of ether oxygens (including phenoxy) is 1. The lowest BCUT2D eigenvalue weighted by atomic mass is 10.2. The molecule has 1 unspecified atom stereocenters. The summed E-state index contributed by atoms with van der Waals surface area (Å²) in [5.74, 6) is 1.81. The number of aromatic nitrogens is 1. The van der Waals surface area contributed by atoms with E-state index in [0.29, 0.717) is 30.1 Å². The number of likely N-dealkylation sites (tertiary alicyclic amines) is 1. The Labute approximate surface area is 127 Å². The van der Waals surface area contributed by atoms with Gasteiger partial charge in [0.2, 0.25) is 5.88 Å². The molecule has 0 aliphatic carbocycles. The highest BCUT2D eigenvalue weighted by Crippen LogP contribution is 2.22. The van der Waals surface area contributed by atoms with Gasteiger partial charge in [0.25, 0.3) is 0 Å². The fourth-order valence-electron chi connectivity index (χ4n) is 2.54. The van der Waals surface area contributed by atoms with Gasteiger partial charge in [-0.05, 0) is 50.9 Å². The first kappa shape index (κ1) is 15.9. The molecule has 1 aliphatic rings. The van der Waals surface area contributed by atoms with Crippen molar-refractivity contribution in [1.82, 2.24) is 9.88 Å². The number of nitrogens with one attached hydrogen (secondary N) is 1. The SMILES string of the molecule is CC(C)COc1nc(NC(C)CN2CCCC2)ccc1N. The minimum atomic E-state index is 0.358. The lowest BCUT2D eigenvalue weighted by Gasteiger charge is -2.22. The molecule has 1 aliphatic heterocycles. The molecule has 5 nitrogen and oxygen atoms in total. The van der Waals surface area contributed by atoms with Crippen LogP contribution in [0.5, 0.6) is 5.88 Å². The van der Waals surface area contributed by atoms with Gasteiger partial charge in [-0.2, -0.15) is 4.98 Å². The average Bonchev–Trinajstić information content (AvgIpc) is 2.92. The van der Waals surface area contributed by atoms with Gasteiger partial charge in [-0.3, -0.25) is 0 Å². The van der Waals surface area contributed by atoms with Gasteiger partial charge >= 0.3 is 0 Å². The summed E-state index contributed by atoms with van der Waals surface area (Å²) < 4.78 is 5.67. The quantitative estimate of drug-likeness (QED) is 0.809. The van der Waals surface area contributed by atoms with Crippen LogP contribution in [0.15, 0.2) is 12.1 Å². The van der Waals surface area contributed by atoms with Gasteiger partial charge in [0.05, 0.1) is 12.3 Å². The van der Waals surface area contributed by atoms with Crippen LogP contribution in [0, 0.1) is 5.92 Å². The Kier molecular flexibility index (Phi) is 5.67. The van der Waals surface area contributed by atoms with Crippen molar-refractivity contribution in [3.63, 3.8) is 0 Å². The van der Waals surface area contributed by atoms with Crippen molar-refractivity contribution in [3.8, 4) is 5.88 Å².